The summed E-state index contributed by atoms with van der Waals surface area (Å²) in [6.45, 7) is 0. The van der Waals surface area contributed by atoms with Crippen molar-refractivity contribution in [1.82, 2.24) is 15.0 Å². The molecule has 0 unspecified atom stereocenters. The van der Waals surface area contributed by atoms with E-state index in [9.17, 15) is 0 Å². The molecule has 0 fully saturated rings. The first-order valence-electron chi connectivity index (χ1n) is 36.3. The summed E-state index contributed by atoms with van der Waals surface area (Å²) in [5.41, 5.74) is 33.5. The van der Waals surface area contributed by atoms with Crippen molar-refractivity contribution in [3.8, 4) is 123 Å². The minimum atomic E-state index is 0.866. The van der Waals surface area contributed by atoms with Crippen molar-refractivity contribution in [2.75, 3.05) is 9.80 Å². The monoisotopic (exact) mass is 1350 g/mol. The van der Waals surface area contributed by atoms with Crippen LogP contribution in [0, 0.1) is 0 Å². The minimum Gasteiger partial charge on any atom is -0.310 e. The fourth-order valence-corrected chi connectivity index (χ4v) is 17.4. The molecule has 0 bridgehead atoms. The summed E-state index contributed by atoms with van der Waals surface area (Å²) < 4.78 is 0. The maximum Gasteiger partial charge on any atom is 0.0723 e. The molecule has 0 N–H and O–H groups in total. The Morgan fingerprint density at radius 2 is 0.566 bits per heavy atom. The third kappa shape index (κ3) is 9.67. The van der Waals surface area contributed by atoms with Crippen LogP contribution in [0.4, 0.5) is 34.1 Å². The first-order chi connectivity index (χ1) is 52.6. The third-order valence-electron chi connectivity index (χ3n) is 21.9. The molecule has 0 saturated carbocycles. The maximum absolute atomic E-state index is 5.24. The molecule has 0 saturated heterocycles. The second kappa shape index (κ2) is 24.8. The van der Waals surface area contributed by atoms with Crippen molar-refractivity contribution in [3.05, 3.63) is 383 Å². The number of para-hydroxylation sites is 2. The van der Waals surface area contributed by atoms with Crippen molar-refractivity contribution in [3.63, 3.8) is 0 Å². The number of anilines is 6. The highest BCUT2D eigenvalue weighted by Gasteiger charge is 2.34. The van der Waals surface area contributed by atoms with Crippen LogP contribution in [0.3, 0.4) is 0 Å². The predicted molar refractivity (Wildman–Crippen MR) is 444 cm³/mol. The average Bonchev–Trinajstić information content (AvgIpc) is 1.54. The quantitative estimate of drug-likeness (QED) is 0.115. The summed E-state index contributed by atoms with van der Waals surface area (Å²) in [6, 6.07) is 131. The van der Waals surface area contributed by atoms with Gasteiger partial charge in [0.1, 0.15) is 0 Å². The van der Waals surface area contributed by atoms with E-state index in [2.05, 4.69) is 373 Å². The number of pyridine rings is 3. The number of hydrogen-bond donors (Lipinski definition) is 0. The van der Waals surface area contributed by atoms with Crippen molar-refractivity contribution in [1.29, 1.82) is 0 Å². The number of nitrogens with zero attached hydrogens (tertiary/aromatic N) is 5. The maximum atomic E-state index is 5.24. The van der Waals surface area contributed by atoms with Gasteiger partial charge in [0.25, 0.3) is 0 Å². The Balaban J connectivity index is 0.678. The normalized spacial score (nSPS) is 11.8. The molecule has 0 radical (unpaired) electrons. The SMILES string of the molecule is c1ccc(-c2c3c(c(-c4ccccc4)c4ccccc24)-c2ccc(-c4ccc(N(c5ccncc5)c5ccnc(-c6ccc7c(-c8ccccc8)c8c(c(-c9ccccc9)c7c6)-c6cccc7c(-c9ccc(N(c%10ccccc%10)c%10ccnc%11ccccc%10%11)cc9)ccc-8c67)c5)cc4)c4cccc-3c24)cc1. The van der Waals surface area contributed by atoms with E-state index in [0.717, 1.165) is 78.4 Å². The molecule has 21 rings (SSSR count). The van der Waals surface area contributed by atoms with Gasteiger partial charge in [-0.3, -0.25) is 15.0 Å². The Kier molecular flexibility index (Phi) is 14.2. The zero-order chi connectivity index (χ0) is 69.8. The first kappa shape index (κ1) is 60.6. The Morgan fingerprint density at radius 3 is 1.08 bits per heavy atom. The Morgan fingerprint density at radius 1 is 0.189 bits per heavy atom. The third-order valence-corrected chi connectivity index (χ3v) is 21.9. The van der Waals surface area contributed by atoms with E-state index in [0.29, 0.717) is 0 Å². The van der Waals surface area contributed by atoms with Gasteiger partial charge in [-0.05, 0) is 233 Å². The summed E-state index contributed by atoms with van der Waals surface area (Å²) in [5.74, 6) is 0. The standard InChI is InChI=1S/C101H63N5/c1-6-22-66(23-7-1)92-80-32-16-17-33-81(80)93(67-24-8-2-9-25-67)100-86-52-50-76(78-35-20-37-84(96(78)86)98(92)100)64-40-45-72(46-41-64)105(74-54-58-102-59-55-74)75-56-60-104-90(63-75)70-44-49-82-88(62-70)95(69-28-12-4-13-29-69)99-85-38-21-36-79-77(51-53-87(97(79)85)101(99)94(82)68-26-10-3-11-27-68)65-42-47-73(48-43-65)106(71-30-14-5-15-31-71)91-57-61-103-89-39-19-18-34-83(89)91/h1-63H. The van der Waals surface area contributed by atoms with E-state index in [4.69, 9.17) is 9.97 Å². The highest BCUT2D eigenvalue weighted by Crippen LogP contribution is 2.61. The van der Waals surface area contributed by atoms with Crippen molar-refractivity contribution in [2.24, 2.45) is 0 Å². The van der Waals surface area contributed by atoms with Crippen LogP contribution in [0.15, 0.2) is 383 Å². The minimum absolute atomic E-state index is 0.866. The van der Waals surface area contributed by atoms with E-state index in [1.807, 2.05) is 24.8 Å². The highest BCUT2D eigenvalue weighted by atomic mass is 15.2. The topological polar surface area (TPSA) is 45.2 Å². The van der Waals surface area contributed by atoms with Gasteiger partial charge in [0.05, 0.1) is 16.9 Å². The van der Waals surface area contributed by atoms with Crippen LogP contribution in [0.1, 0.15) is 0 Å². The fourth-order valence-electron chi connectivity index (χ4n) is 17.4. The largest absolute Gasteiger partial charge is 0.310 e. The van der Waals surface area contributed by atoms with E-state index >= 15 is 0 Å². The molecule has 2 aliphatic carbocycles. The molecule has 2 aliphatic rings. The molecule has 3 aromatic heterocycles. The highest BCUT2D eigenvalue weighted by molar-refractivity contribution is 6.31. The fraction of sp³-hybridized carbons (Fsp3) is 0. The molecule has 5 nitrogen and oxygen atoms in total. The van der Waals surface area contributed by atoms with Gasteiger partial charge in [-0.25, -0.2) is 0 Å². The Labute approximate surface area is 614 Å². The Bertz CT molecular complexity index is 6610. The lowest BCUT2D eigenvalue weighted by Gasteiger charge is -2.26. The van der Waals surface area contributed by atoms with Crippen LogP contribution in [-0.4, -0.2) is 15.0 Å². The summed E-state index contributed by atoms with van der Waals surface area (Å²) in [4.78, 5) is 19.1. The van der Waals surface area contributed by atoms with Gasteiger partial charge in [0.2, 0.25) is 0 Å². The lowest BCUT2D eigenvalue weighted by molar-refractivity contribution is 1.22. The molecule has 16 aromatic carbocycles. The first-order valence-corrected chi connectivity index (χ1v) is 36.3. The van der Waals surface area contributed by atoms with Gasteiger partial charge in [0.15, 0.2) is 0 Å². The van der Waals surface area contributed by atoms with Crippen LogP contribution >= 0.6 is 0 Å². The van der Waals surface area contributed by atoms with E-state index < -0.39 is 0 Å². The number of aromatic nitrogens is 3. The van der Waals surface area contributed by atoms with Crippen LogP contribution in [0.2, 0.25) is 0 Å². The van der Waals surface area contributed by atoms with Crippen LogP contribution in [-0.2, 0) is 0 Å². The van der Waals surface area contributed by atoms with Crippen molar-refractivity contribution < 1.29 is 0 Å². The molecule has 5 heteroatoms. The number of benzene rings is 16. The predicted octanol–water partition coefficient (Wildman–Crippen LogP) is 27.5. The zero-order valence-electron chi connectivity index (χ0n) is 57.6. The van der Waals surface area contributed by atoms with Gasteiger partial charge >= 0.3 is 0 Å². The van der Waals surface area contributed by atoms with Gasteiger partial charge in [-0.2, -0.15) is 0 Å². The summed E-state index contributed by atoms with van der Waals surface area (Å²) in [6.07, 6.45) is 7.62. The molecule has 0 atom stereocenters. The number of hydrogen-bond acceptors (Lipinski definition) is 5. The van der Waals surface area contributed by atoms with Gasteiger partial charge in [-0.1, -0.05) is 279 Å². The number of fused-ring (bicyclic) bond motifs is 9. The lowest BCUT2D eigenvalue weighted by Crippen LogP contribution is -2.10. The smallest absolute Gasteiger partial charge is 0.0723 e. The molecule has 106 heavy (non-hydrogen) atoms. The van der Waals surface area contributed by atoms with E-state index in [1.54, 1.807) is 0 Å². The van der Waals surface area contributed by atoms with E-state index in [-0.39, 0.29) is 0 Å². The van der Waals surface area contributed by atoms with Gasteiger partial charge in [-0.15, -0.1) is 0 Å². The molecule has 0 spiro atoms. The lowest BCUT2D eigenvalue weighted by atomic mass is 9.82. The molecule has 19 aromatic rings. The molecule has 492 valence electrons. The molecule has 0 aliphatic heterocycles. The summed E-state index contributed by atoms with van der Waals surface area (Å²) in [5, 5.41) is 10.9. The molecule has 3 heterocycles. The van der Waals surface area contributed by atoms with E-state index in [1.165, 1.54) is 132 Å². The average molecular weight is 1350 g/mol. The Hall–Kier alpha value is -14.1. The van der Waals surface area contributed by atoms with Crippen LogP contribution in [0.25, 0.3) is 177 Å². The van der Waals surface area contributed by atoms with Crippen LogP contribution < -0.4 is 9.80 Å². The van der Waals surface area contributed by atoms with Gasteiger partial charge in [0, 0.05) is 64.2 Å². The summed E-state index contributed by atoms with van der Waals surface area (Å²) >= 11 is 0. The second-order valence-corrected chi connectivity index (χ2v) is 27.6. The molecule has 0 amide bonds. The summed E-state index contributed by atoms with van der Waals surface area (Å²) in [7, 11) is 0. The van der Waals surface area contributed by atoms with Crippen molar-refractivity contribution in [2.45, 2.75) is 0 Å². The van der Waals surface area contributed by atoms with Crippen molar-refractivity contribution >= 4 is 88.1 Å². The molecular formula is C101H63N5. The second-order valence-electron chi connectivity index (χ2n) is 27.6. The van der Waals surface area contributed by atoms with Crippen LogP contribution in [0.5, 0.6) is 0 Å². The zero-order valence-corrected chi connectivity index (χ0v) is 57.6. The molecular weight excluding hydrogens is 1280 g/mol. The number of rotatable bonds is 13. The van der Waals surface area contributed by atoms with Gasteiger partial charge < -0.3 is 9.80 Å².